The predicted molar refractivity (Wildman–Crippen MR) is 93.7 cm³/mol. The summed E-state index contributed by atoms with van der Waals surface area (Å²) in [6, 6.07) is 2.82. The molecule has 0 atom stereocenters. The number of piperazine rings is 1. The molecule has 2 rings (SSSR count). The topological polar surface area (TPSA) is 85.4 Å². The summed E-state index contributed by atoms with van der Waals surface area (Å²) in [6.07, 6.45) is 0. The molecule has 1 aromatic rings. The predicted octanol–water partition coefficient (Wildman–Crippen LogP) is 1.20. The first-order valence-electron chi connectivity index (χ1n) is 7.99. The number of ether oxygens (including phenoxy) is 3. The lowest BCUT2D eigenvalue weighted by atomic mass is 10.2. The van der Waals surface area contributed by atoms with Gasteiger partial charge in [0.25, 0.3) is 5.91 Å². The number of carbonyl (C=O) groups is 3. The molecule has 142 valence electrons. The second kappa shape index (κ2) is 8.75. The fourth-order valence-corrected chi connectivity index (χ4v) is 2.90. The molecule has 1 heterocycles. The molecule has 0 spiro atoms. The maximum absolute atomic E-state index is 12.2. The Labute approximate surface area is 156 Å². The smallest absolute Gasteiger partial charge is 0.338 e. The molecule has 0 aromatic heterocycles. The van der Waals surface area contributed by atoms with E-state index in [0.29, 0.717) is 37.7 Å². The number of benzene rings is 1. The zero-order valence-electron chi connectivity index (χ0n) is 14.9. The molecule has 0 N–H and O–H groups in total. The second-order valence-electron chi connectivity index (χ2n) is 5.66. The summed E-state index contributed by atoms with van der Waals surface area (Å²) in [5.41, 5.74) is 0.154. The summed E-state index contributed by atoms with van der Waals surface area (Å²) in [4.78, 5) is 38.9. The molecule has 1 saturated heterocycles. The molecular formula is C17H21ClN2O6. The van der Waals surface area contributed by atoms with Crippen LogP contribution in [0.3, 0.4) is 0 Å². The van der Waals surface area contributed by atoms with Crippen molar-refractivity contribution in [1.29, 1.82) is 0 Å². The molecule has 0 radical (unpaired) electrons. The van der Waals surface area contributed by atoms with E-state index in [0.717, 1.165) is 0 Å². The van der Waals surface area contributed by atoms with Gasteiger partial charge in [0.15, 0.2) is 18.1 Å². The van der Waals surface area contributed by atoms with Crippen LogP contribution in [0.15, 0.2) is 12.1 Å². The lowest BCUT2D eigenvalue weighted by molar-refractivity contribution is -0.140. The van der Waals surface area contributed by atoms with Gasteiger partial charge >= 0.3 is 5.97 Å². The summed E-state index contributed by atoms with van der Waals surface area (Å²) in [7, 11) is 2.86. The van der Waals surface area contributed by atoms with Crippen LogP contribution in [0.4, 0.5) is 0 Å². The van der Waals surface area contributed by atoms with Gasteiger partial charge in [-0.15, -0.1) is 0 Å². The minimum absolute atomic E-state index is 0.0196. The summed E-state index contributed by atoms with van der Waals surface area (Å²) in [5.74, 6) is -0.422. The minimum atomic E-state index is -0.691. The number of methoxy groups -OCH3 is 2. The molecule has 26 heavy (non-hydrogen) atoms. The molecule has 0 saturated carbocycles. The quantitative estimate of drug-likeness (QED) is 0.709. The molecule has 0 bridgehead atoms. The Morgan fingerprint density at radius 3 is 2.19 bits per heavy atom. The van der Waals surface area contributed by atoms with E-state index in [-0.39, 0.29) is 29.0 Å². The number of rotatable bonds is 5. The fraction of sp³-hybridized carbons (Fsp3) is 0.471. The van der Waals surface area contributed by atoms with Crippen LogP contribution in [0.5, 0.6) is 11.5 Å². The van der Waals surface area contributed by atoms with Gasteiger partial charge < -0.3 is 24.0 Å². The Kier molecular flexibility index (Phi) is 6.68. The van der Waals surface area contributed by atoms with Gasteiger partial charge in [-0.25, -0.2) is 4.79 Å². The van der Waals surface area contributed by atoms with Gasteiger partial charge in [-0.2, -0.15) is 0 Å². The third-order valence-electron chi connectivity index (χ3n) is 4.07. The van der Waals surface area contributed by atoms with Gasteiger partial charge in [-0.3, -0.25) is 9.59 Å². The standard InChI is InChI=1S/C17H21ClN2O6/c1-11(21)19-4-6-20(7-5-19)15(22)10-26-17(23)12-8-13(18)16(25-3)14(9-12)24-2/h8-9H,4-7,10H2,1-3H3. The maximum Gasteiger partial charge on any atom is 0.338 e. The van der Waals surface area contributed by atoms with Crippen molar-refractivity contribution in [2.24, 2.45) is 0 Å². The van der Waals surface area contributed by atoms with Crippen LogP contribution in [0, 0.1) is 0 Å². The average molecular weight is 385 g/mol. The number of nitrogens with zero attached hydrogens (tertiary/aromatic N) is 2. The number of hydrogen-bond acceptors (Lipinski definition) is 6. The van der Waals surface area contributed by atoms with E-state index in [2.05, 4.69) is 0 Å². The third-order valence-corrected chi connectivity index (χ3v) is 4.35. The highest BCUT2D eigenvalue weighted by molar-refractivity contribution is 6.32. The molecule has 8 nitrogen and oxygen atoms in total. The van der Waals surface area contributed by atoms with Crippen molar-refractivity contribution in [2.45, 2.75) is 6.92 Å². The van der Waals surface area contributed by atoms with Gasteiger partial charge in [0.1, 0.15) is 0 Å². The zero-order valence-corrected chi connectivity index (χ0v) is 15.7. The van der Waals surface area contributed by atoms with Gasteiger partial charge in [0, 0.05) is 33.1 Å². The van der Waals surface area contributed by atoms with Crippen LogP contribution in [-0.2, 0) is 14.3 Å². The monoisotopic (exact) mass is 384 g/mol. The first kappa shape index (κ1) is 19.8. The molecular weight excluding hydrogens is 364 g/mol. The SMILES string of the molecule is COc1cc(C(=O)OCC(=O)N2CCN(C(C)=O)CC2)cc(Cl)c1OC. The van der Waals surface area contributed by atoms with Crippen LogP contribution in [0.1, 0.15) is 17.3 Å². The van der Waals surface area contributed by atoms with Crippen molar-refractivity contribution in [1.82, 2.24) is 9.80 Å². The molecule has 0 aliphatic carbocycles. The Bertz CT molecular complexity index is 701. The first-order chi connectivity index (χ1) is 12.4. The fourth-order valence-electron chi connectivity index (χ4n) is 2.61. The highest BCUT2D eigenvalue weighted by Gasteiger charge is 2.24. The highest BCUT2D eigenvalue weighted by atomic mass is 35.5. The van der Waals surface area contributed by atoms with Crippen LogP contribution < -0.4 is 9.47 Å². The molecule has 1 aromatic carbocycles. The van der Waals surface area contributed by atoms with Crippen LogP contribution in [0.25, 0.3) is 0 Å². The molecule has 0 unspecified atom stereocenters. The number of amides is 2. The van der Waals surface area contributed by atoms with E-state index in [4.69, 9.17) is 25.8 Å². The normalized spacial score (nSPS) is 14.0. The van der Waals surface area contributed by atoms with Crippen molar-refractivity contribution < 1.29 is 28.6 Å². The summed E-state index contributed by atoms with van der Waals surface area (Å²) < 4.78 is 15.3. The molecule has 9 heteroatoms. The van der Waals surface area contributed by atoms with Gasteiger partial charge in [-0.1, -0.05) is 11.6 Å². The van der Waals surface area contributed by atoms with E-state index in [1.54, 1.807) is 9.80 Å². The lowest BCUT2D eigenvalue weighted by Crippen LogP contribution is -2.51. The summed E-state index contributed by atoms with van der Waals surface area (Å²) in [6.45, 7) is 2.88. The Hall–Kier alpha value is -2.48. The van der Waals surface area contributed by atoms with Crippen molar-refractivity contribution >= 4 is 29.4 Å². The Morgan fingerprint density at radius 2 is 1.65 bits per heavy atom. The Morgan fingerprint density at radius 1 is 1.04 bits per heavy atom. The van der Waals surface area contributed by atoms with Crippen LogP contribution >= 0.6 is 11.6 Å². The number of halogens is 1. The molecule has 2 amide bonds. The average Bonchev–Trinajstić information content (AvgIpc) is 2.64. The summed E-state index contributed by atoms with van der Waals surface area (Å²) >= 11 is 6.06. The van der Waals surface area contributed by atoms with E-state index in [1.807, 2.05) is 0 Å². The number of hydrogen-bond donors (Lipinski definition) is 0. The largest absolute Gasteiger partial charge is 0.493 e. The van der Waals surface area contributed by atoms with E-state index >= 15 is 0 Å². The third kappa shape index (κ3) is 4.57. The molecule has 1 aliphatic rings. The summed E-state index contributed by atoms with van der Waals surface area (Å²) in [5, 5.41) is 0.200. The number of carbonyl (C=O) groups excluding carboxylic acids is 3. The second-order valence-corrected chi connectivity index (χ2v) is 6.06. The van der Waals surface area contributed by atoms with Crippen molar-refractivity contribution in [3.05, 3.63) is 22.7 Å². The lowest BCUT2D eigenvalue weighted by Gasteiger charge is -2.34. The molecule has 1 fully saturated rings. The van der Waals surface area contributed by atoms with Crippen molar-refractivity contribution in [3.8, 4) is 11.5 Å². The van der Waals surface area contributed by atoms with Gasteiger partial charge in [0.05, 0.1) is 24.8 Å². The highest BCUT2D eigenvalue weighted by Crippen LogP contribution is 2.36. The van der Waals surface area contributed by atoms with Crippen LogP contribution in [0.2, 0.25) is 5.02 Å². The van der Waals surface area contributed by atoms with Gasteiger partial charge in [0.2, 0.25) is 5.91 Å². The zero-order chi connectivity index (χ0) is 19.3. The van der Waals surface area contributed by atoms with E-state index in [9.17, 15) is 14.4 Å². The van der Waals surface area contributed by atoms with E-state index in [1.165, 1.54) is 33.3 Å². The van der Waals surface area contributed by atoms with Crippen molar-refractivity contribution in [2.75, 3.05) is 47.0 Å². The van der Waals surface area contributed by atoms with Crippen LogP contribution in [-0.4, -0.2) is 74.6 Å². The Balaban J connectivity index is 1.93. The van der Waals surface area contributed by atoms with Crippen molar-refractivity contribution in [3.63, 3.8) is 0 Å². The molecule has 1 aliphatic heterocycles. The number of esters is 1. The van der Waals surface area contributed by atoms with E-state index < -0.39 is 5.97 Å². The maximum atomic E-state index is 12.2. The van der Waals surface area contributed by atoms with Gasteiger partial charge in [-0.05, 0) is 12.1 Å². The first-order valence-corrected chi connectivity index (χ1v) is 8.37. The minimum Gasteiger partial charge on any atom is -0.493 e.